The van der Waals surface area contributed by atoms with E-state index in [1.807, 2.05) is 6.20 Å². The van der Waals surface area contributed by atoms with E-state index in [1.54, 1.807) is 0 Å². The van der Waals surface area contributed by atoms with E-state index in [-0.39, 0.29) is 0 Å². The highest BCUT2D eigenvalue weighted by Gasteiger charge is 2.14. The van der Waals surface area contributed by atoms with Crippen LogP contribution in [0.3, 0.4) is 0 Å². The van der Waals surface area contributed by atoms with Crippen molar-refractivity contribution >= 4 is 0 Å². The van der Waals surface area contributed by atoms with Crippen LogP contribution in [0.4, 0.5) is 0 Å². The van der Waals surface area contributed by atoms with Crippen molar-refractivity contribution in [2.75, 3.05) is 19.6 Å². The second kappa shape index (κ2) is 4.71. The molecular weight excluding hydrogens is 186 g/mol. The minimum Gasteiger partial charge on any atom is -0.303 e. The van der Waals surface area contributed by atoms with Gasteiger partial charge < -0.3 is 4.90 Å². The van der Waals surface area contributed by atoms with Gasteiger partial charge in [-0.1, -0.05) is 13.8 Å². The lowest BCUT2D eigenvalue weighted by atomic mass is 10.2. The van der Waals surface area contributed by atoms with Crippen molar-refractivity contribution in [3.05, 3.63) is 23.3 Å². The topological polar surface area (TPSA) is 29.0 Å². The lowest BCUT2D eigenvalue weighted by molar-refractivity contribution is 0.302. The maximum absolute atomic E-state index is 4.67. The zero-order valence-corrected chi connectivity index (χ0v) is 9.66. The van der Waals surface area contributed by atoms with Crippen molar-refractivity contribution in [3.8, 4) is 0 Å². The number of hydrogen-bond acceptors (Lipinski definition) is 3. The van der Waals surface area contributed by atoms with Crippen LogP contribution in [0.1, 0.15) is 30.9 Å². The first-order chi connectivity index (χ1) is 7.33. The number of nitrogens with zero attached hydrogens (tertiary/aromatic N) is 3. The summed E-state index contributed by atoms with van der Waals surface area (Å²) in [6.45, 7) is 7.74. The summed E-state index contributed by atoms with van der Waals surface area (Å²) in [6.07, 6.45) is 5.03. The molecule has 0 N–H and O–H groups in total. The van der Waals surface area contributed by atoms with Crippen LogP contribution >= 0.6 is 0 Å². The van der Waals surface area contributed by atoms with Gasteiger partial charge in [-0.25, -0.2) is 0 Å². The molecule has 0 unspecified atom stereocenters. The van der Waals surface area contributed by atoms with Crippen LogP contribution in [0.5, 0.6) is 0 Å². The van der Waals surface area contributed by atoms with Crippen LogP contribution in [0.25, 0.3) is 0 Å². The Hall–Kier alpha value is -0.960. The number of fused-ring (bicyclic) bond motifs is 1. The number of aromatic nitrogens is 2. The van der Waals surface area contributed by atoms with E-state index >= 15 is 0 Å². The van der Waals surface area contributed by atoms with Crippen molar-refractivity contribution in [2.24, 2.45) is 0 Å². The predicted molar refractivity (Wildman–Crippen MR) is 60.9 cm³/mol. The van der Waals surface area contributed by atoms with Gasteiger partial charge >= 0.3 is 0 Å². The van der Waals surface area contributed by atoms with Crippen molar-refractivity contribution in [1.29, 1.82) is 0 Å². The molecule has 1 aromatic heterocycles. The Labute approximate surface area is 91.5 Å². The molecule has 0 amide bonds. The van der Waals surface area contributed by atoms with Gasteiger partial charge in [0, 0.05) is 32.1 Å². The summed E-state index contributed by atoms with van der Waals surface area (Å²) in [5, 5.41) is 0. The standard InChI is InChI=1S/C12H19N3/c1-3-10-9-13-11-5-7-15(4-2)8-6-12(11)14-10/h9H,3-8H2,1-2H3. The first kappa shape index (κ1) is 10.6. The Bertz CT molecular complexity index is 336. The summed E-state index contributed by atoms with van der Waals surface area (Å²) >= 11 is 0. The van der Waals surface area contributed by atoms with E-state index in [0.717, 1.165) is 44.6 Å². The van der Waals surface area contributed by atoms with Crippen LogP contribution in [0.2, 0.25) is 0 Å². The van der Waals surface area contributed by atoms with Gasteiger partial charge in [-0.15, -0.1) is 0 Å². The second-order valence-corrected chi connectivity index (χ2v) is 4.04. The largest absolute Gasteiger partial charge is 0.303 e. The Morgan fingerprint density at radius 2 is 1.93 bits per heavy atom. The molecule has 1 aliphatic heterocycles. The third-order valence-corrected chi connectivity index (χ3v) is 3.12. The minimum atomic E-state index is 0.984. The molecule has 2 heterocycles. The molecule has 0 atom stereocenters. The highest BCUT2D eigenvalue weighted by molar-refractivity contribution is 5.16. The van der Waals surface area contributed by atoms with Crippen molar-refractivity contribution in [2.45, 2.75) is 33.1 Å². The molecule has 82 valence electrons. The Kier molecular flexibility index (Phi) is 3.31. The van der Waals surface area contributed by atoms with Crippen LogP contribution in [0, 0.1) is 0 Å². The van der Waals surface area contributed by atoms with Gasteiger partial charge in [0.05, 0.1) is 17.1 Å². The molecular formula is C12H19N3. The van der Waals surface area contributed by atoms with Gasteiger partial charge in [-0.3, -0.25) is 9.97 Å². The van der Waals surface area contributed by atoms with Crippen LogP contribution in [-0.4, -0.2) is 34.5 Å². The molecule has 0 bridgehead atoms. The summed E-state index contributed by atoms with van der Waals surface area (Å²) in [5.41, 5.74) is 3.56. The minimum absolute atomic E-state index is 0.984. The highest BCUT2D eigenvalue weighted by atomic mass is 15.1. The highest BCUT2D eigenvalue weighted by Crippen LogP contribution is 2.12. The van der Waals surface area contributed by atoms with E-state index in [0.29, 0.717) is 0 Å². The summed E-state index contributed by atoms with van der Waals surface area (Å²) in [6, 6.07) is 0. The molecule has 1 aromatic rings. The maximum Gasteiger partial charge on any atom is 0.0635 e. The van der Waals surface area contributed by atoms with Gasteiger partial charge in [0.15, 0.2) is 0 Å². The molecule has 3 nitrogen and oxygen atoms in total. The molecule has 0 spiro atoms. The molecule has 3 heteroatoms. The first-order valence-corrected chi connectivity index (χ1v) is 5.89. The summed E-state index contributed by atoms with van der Waals surface area (Å²) in [4.78, 5) is 11.7. The molecule has 1 aliphatic rings. The van der Waals surface area contributed by atoms with Crippen LogP contribution < -0.4 is 0 Å². The molecule has 0 saturated carbocycles. The predicted octanol–water partition coefficient (Wildman–Crippen LogP) is 1.46. The quantitative estimate of drug-likeness (QED) is 0.732. The molecule has 0 saturated heterocycles. The SMILES string of the molecule is CCc1cnc2c(n1)CCN(CC)CC2. The molecule has 2 rings (SSSR count). The summed E-state index contributed by atoms with van der Waals surface area (Å²) in [5.74, 6) is 0. The number of aryl methyl sites for hydroxylation is 1. The molecule has 0 fully saturated rings. The van der Waals surface area contributed by atoms with Crippen molar-refractivity contribution in [1.82, 2.24) is 14.9 Å². The number of likely N-dealkylation sites (N-methyl/N-ethyl adjacent to an activating group) is 1. The number of hydrogen-bond donors (Lipinski definition) is 0. The van der Waals surface area contributed by atoms with Crippen LogP contribution in [-0.2, 0) is 19.3 Å². The van der Waals surface area contributed by atoms with Crippen LogP contribution in [0.15, 0.2) is 6.20 Å². The lowest BCUT2D eigenvalue weighted by Gasteiger charge is -2.15. The van der Waals surface area contributed by atoms with Gasteiger partial charge in [0.25, 0.3) is 0 Å². The van der Waals surface area contributed by atoms with Crippen molar-refractivity contribution in [3.63, 3.8) is 0 Å². The zero-order chi connectivity index (χ0) is 10.7. The molecule has 15 heavy (non-hydrogen) atoms. The Morgan fingerprint density at radius 3 is 2.60 bits per heavy atom. The van der Waals surface area contributed by atoms with Gasteiger partial charge in [0.2, 0.25) is 0 Å². The first-order valence-electron chi connectivity index (χ1n) is 5.89. The fraction of sp³-hybridized carbons (Fsp3) is 0.667. The average molecular weight is 205 g/mol. The zero-order valence-electron chi connectivity index (χ0n) is 9.66. The Morgan fingerprint density at radius 1 is 1.20 bits per heavy atom. The lowest BCUT2D eigenvalue weighted by Crippen LogP contribution is -2.25. The smallest absolute Gasteiger partial charge is 0.0635 e. The van der Waals surface area contributed by atoms with E-state index < -0.39 is 0 Å². The molecule has 0 radical (unpaired) electrons. The van der Waals surface area contributed by atoms with E-state index in [1.165, 1.54) is 11.4 Å². The monoisotopic (exact) mass is 205 g/mol. The second-order valence-electron chi connectivity index (χ2n) is 4.04. The van der Waals surface area contributed by atoms with E-state index in [4.69, 9.17) is 0 Å². The van der Waals surface area contributed by atoms with E-state index in [2.05, 4.69) is 28.7 Å². The molecule has 0 aliphatic carbocycles. The van der Waals surface area contributed by atoms with Gasteiger partial charge in [-0.05, 0) is 13.0 Å². The third kappa shape index (κ3) is 2.34. The summed E-state index contributed by atoms with van der Waals surface area (Å²) < 4.78 is 0. The normalized spacial score (nSPS) is 17.2. The maximum atomic E-state index is 4.67. The van der Waals surface area contributed by atoms with Crippen molar-refractivity contribution < 1.29 is 0 Å². The van der Waals surface area contributed by atoms with Gasteiger partial charge in [-0.2, -0.15) is 0 Å². The third-order valence-electron chi connectivity index (χ3n) is 3.12. The average Bonchev–Trinajstić information content (AvgIpc) is 2.50. The fourth-order valence-corrected chi connectivity index (χ4v) is 2.03. The molecule has 0 aromatic carbocycles. The van der Waals surface area contributed by atoms with Gasteiger partial charge in [0.1, 0.15) is 0 Å². The van der Waals surface area contributed by atoms with E-state index in [9.17, 15) is 0 Å². The fourth-order valence-electron chi connectivity index (χ4n) is 2.03. The number of rotatable bonds is 2. The Balaban J connectivity index is 2.20. The summed E-state index contributed by atoms with van der Waals surface area (Å²) in [7, 11) is 0.